The Hall–Kier alpha value is -2.55. The molecule has 1 heterocycles. The molecule has 3 nitrogen and oxygen atoms in total. The second-order valence-corrected chi connectivity index (χ2v) is 4.30. The van der Waals surface area contributed by atoms with E-state index in [0.29, 0.717) is 5.75 Å². The quantitative estimate of drug-likeness (QED) is 0.620. The molecular weight excluding hydrogens is 238 g/mol. The van der Waals surface area contributed by atoms with Crippen molar-refractivity contribution in [2.75, 3.05) is 0 Å². The van der Waals surface area contributed by atoms with Crippen molar-refractivity contribution in [2.24, 2.45) is 5.92 Å². The van der Waals surface area contributed by atoms with E-state index in [1.165, 1.54) is 0 Å². The van der Waals surface area contributed by atoms with Gasteiger partial charge in [-0.3, -0.25) is 4.79 Å². The van der Waals surface area contributed by atoms with Gasteiger partial charge in [-0.05, 0) is 36.4 Å². The van der Waals surface area contributed by atoms with E-state index < -0.39 is 0 Å². The Morgan fingerprint density at radius 2 is 1.63 bits per heavy atom. The van der Waals surface area contributed by atoms with Gasteiger partial charge in [-0.1, -0.05) is 24.3 Å². The zero-order chi connectivity index (χ0) is 13.1. The van der Waals surface area contributed by atoms with Gasteiger partial charge in [-0.15, -0.1) is 0 Å². The van der Waals surface area contributed by atoms with Gasteiger partial charge in [0.2, 0.25) is 0 Å². The number of esters is 1. The summed E-state index contributed by atoms with van der Waals surface area (Å²) in [5.41, 5.74) is 1.03. The van der Waals surface area contributed by atoms with Gasteiger partial charge < -0.3 is 9.30 Å². The normalized spacial score (nSPS) is 13.9. The number of hydrogen-bond acceptors (Lipinski definition) is 2. The molecule has 0 amide bonds. The highest BCUT2D eigenvalue weighted by molar-refractivity contribution is 5.79. The highest BCUT2D eigenvalue weighted by Crippen LogP contribution is 2.18. The van der Waals surface area contributed by atoms with Crippen LogP contribution in [0.5, 0.6) is 5.75 Å². The maximum atomic E-state index is 11.8. The summed E-state index contributed by atoms with van der Waals surface area (Å²) in [6.45, 7) is 0. The van der Waals surface area contributed by atoms with Crippen molar-refractivity contribution in [3.63, 3.8) is 0 Å². The third-order valence-corrected chi connectivity index (χ3v) is 2.98. The lowest BCUT2D eigenvalue weighted by atomic mass is 10.2. The molecule has 0 unspecified atom stereocenters. The number of rotatable bonds is 3. The van der Waals surface area contributed by atoms with Crippen LogP contribution in [-0.2, 0) is 4.79 Å². The second kappa shape index (κ2) is 4.98. The summed E-state index contributed by atoms with van der Waals surface area (Å²) < 4.78 is 7.31. The fourth-order valence-corrected chi connectivity index (χ4v) is 1.97. The molecule has 1 aromatic heterocycles. The van der Waals surface area contributed by atoms with Crippen LogP contribution in [0, 0.1) is 5.92 Å². The Kier molecular flexibility index (Phi) is 3.02. The number of aromatic nitrogens is 1. The summed E-state index contributed by atoms with van der Waals surface area (Å²) >= 11 is 0. The van der Waals surface area contributed by atoms with Crippen LogP contribution in [0.2, 0.25) is 0 Å². The molecule has 0 saturated carbocycles. The van der Waals surface area contributed by atoms with Crippen molar-refractivity contribution in [3.05, 3.63) is 73.1 Å². The molecule has 19 heavy (non-hydrogen) atoms. The van der Waals surface area contributed by atoms with Gasteiger partial charge >= 0.3 is 5.97 Å². The average Bonchev–Trinajstić information content (AvgIpc) is 3.13. The maximum Gasteiger partial charge on any atom is 0.322 e. The van der Waals surface area contributed by atoms with Crippen molar-refractivity contribution in [1.29, 1.82) is 0 Å². The Bertz CT molecular complexity index is 609. The zero-order valence-electron chi connectivity index (χ0n) is 10.3. The third-order valence-electron chi connectivity index (χ3n) is 2.98. The SMILES string of the molecule is O=C(Oc1ccc(-n2cccc2)cc1)C1C=CC=C1. The minimum absolute atomic E-state index is 0.251. The molecule has 0 N–H and O–H groups in total. The van der Waals surface area contributed by atoms with E-state index >= 15 is 0 Å². The van der Waals surface area contributed by atoms with Crippen LogP contribution < -0.4 is 4.74 Å². The highest BCUT2D eigenvalue weighted by atomic mass is 16.5. The molecule has 0 fully saturated rings. The summed E-state index contributed by atoms with van der Waals surface area (Å²) in [5, 5.41) is 0. The van der Waals surface area contributed by atoms with Crippen LogP contribution in [0.3, 0.4) is 0 Å². The van der Waals surface area contributed by atoms with Gasteiger partial charge in [0.15, 0.2) is 0 Å². The average molecular weight is 251 g/mol. The number of ether oxygens (including phenoxy) is 1. The van der Waals surface area contributed by atoms with E-state index in [2.05, 4.69) is 0 Å². The van der Waals surface area contributed by atoms with Gasteiger partial charge in [-0.25, -0.2) is 0 Å². The van der Waals surface area contributed by atoms with Crippen LogP contribution in [0.1, 0.15) is 0 Å². The van der Waals surface area contributed by atoms with Crippen LogP contribution in [0.15, 0.2) is 73.1 Å². The Balaban J connectivity index is 1.71. The first-order chi connectivity index (χ1) is 9.33. The second-order valence-electron chi connectivity index (χ2n) is 4.30. The van der Waals surface area contributed by atoms with E-state index in [1.807, 2.05) is 65.5 Å². The minimum Gasteiger partial charge on any atom is -0.426 e. The molecule has 0 aliphatic heterocycles. The Morgan fingerprint density at radius 1 is 1.00 bits per heavy atom. The van der Waals surface area contributed by atoms with Crippen LogP contribution >= 0.6 is 0 Å². The minimum atomic E-state index is -0.260. The molecule has 1 aliphatic rings. The summed E-state index contributed by atoms with van der Waals surface area (Å²) in [4.78, 5) is 11.8. The van der Waals surface area contributed by atoms with Crippen molar-refractivity contribution >= 4 is 5.97 Å². The number of benzene rings is 1. The van der Waals surface area contributed by atoms with E-state index in [9.17, 15) is 4.79 Å². The zero-order valence-corrected chi connectivity index (χ0v) is 10.3. The Morgan fingerprint density at radius 3 is 2.26 bits per heavy atom. The van der Waals surface area contributed by atoms with Crippen LogP contribution in [-0.4, -0.2) is 10.5 Å². The van der Waals surface area contributed by atoms with Gasteiger partial charge in [0.05, 0.1) is 5.92 Å². The molecule has 3 rings (SSSR count). The fourth-order valence-electron chi connectivity index (χ4n) is 1.97. The molecule has 1 aromatic carbocycles. The van der Waals surface area contributed by atoms with E-state index in [-0.39, 0.29) is 11.9 Å². The molecule has 0 saturated heterocycles. The van der Waals surface area contributed by atoms with Crippen molar-refractivity contribution < 1.29 is 9.53 Å². The number of carbonyl (C=O) groups is 1. The first-order valence-corrected chi connectivity index (χ1v) is 6.13. The molecule has 0 atom stereocenters. The molecule has 3 heteroatoms. The van der Waals surface area contributed by atoms with E-state index in [4.69, 9.17) is 4.74 Å². The summed E-state index contributed by atoms with van der Waals surface area (Å²) in [6.07, 6.45) is 11.3. The summed E-state index contributed by atoms with van der Waals surface area (Å²) in [5.74, 6) is 0.0532. The third kappa shape index (κ3) is 2.50. The van der Waals surface area contributed by atoms with Crippen LogP contribution in [0.4, 0.5) is 0 Å². The maximum absolute atomic E-state index is 11.8. The van der Waals surface area contributed by atoms with Gasteiger partial charge in [0.1, 0.15) is 5.75 Å². The van der Waals surface area contributed by atoms with E-state index in [1.54, 1.807) is 12.1 Å². The predicted octanol–water partition coefficient (Wildman–Crippen LogP) is 3.12. The Labute approximate surface area is 111 Å². The summed E-state index contributed by atoms with van der Waals surface area (Å²) in [7, 11) is 0. The predicted molar refractivity (Wildman–Crippen MR) is 73.2 cm³/mol. The highest BCUT2D eigenvalue weighted by Gasteiger charge is 2.16. The number of hydrogen-bond donors (Lipinski definition) is 0. The topological polar surface area (TPSA) is 31.2 Å². The molecule has 94 valence electrons. The smallest absolute Gasteiger partial charge is 0.322 e. The number of nitrogens with zero attached hydrogens (tertiary/aromatic N) is 1. The molecule has 2 aromatic rings. The van der Waals surface area contributed by atoms with Crippen molar-refractivity contribution in [3.8, 4) is 11.4 Å². The molecule has 0 spiro atoms. The van der Waals surface area contributed by atoms with Gasteiger partial charge in [0.25, 0.3) is 0 Å². The van der Waals surface area contributed by atoms with Gasteiger partial charge in [-0.2, -0.15) is 0 Å². The largest absolute Gasteiger partial charge is 0.426 e. The fraction of sp³-hybridized carbons (Fsp3) is 0.0625. The first kappa shape index (κ1) is 11.5. The standard InChI is InChI=1S/C16H13NO2/c18-16(13-5-1-2-6-13)19-15-9-7-14(8-10-15)17-11-3-4-12-17/h1-13H. The molecular formula is C16H13NO2. The lowest BCUT2D eigenvalue weighted by Gasteiger charge is -2.08. The lowest BCUT2D eigenvalue weighted by molar-refractivity contribution is -0.135. The monoisotopic (exact) mass is 251 g/mol. The first-order valence-electron chi connectivity index (χ1n) is 6.13. The molecule has 1 aliphatic carbocycles. The van der Waals surface area contributed by atoms with Gasteiger partial charge in [0, 0.05) is 18.1 Å². The lowest BCUT2D eigenvalue weighted by Crippen LogP contribution is -2.15. The molecule has 0 radical (unpaired) electrons. The number of carbonyl (C=O) groups excluding carboxylic acids is 1. The summed E-state index contributed by atoms with van der Waals surface area (Å²) in [6, 6.07) is 11.4. The van der Waals surface area contributed by atoms with E-state index in [0.717, 1.165) is 5.69 Å². The number of allylic oxidation sites excluding steroid dienone is 2. The van der Waals surface area contributed by atoms with Crippen molar-refractivity contribution in [1.82, 2.24) is 4.57 Å². The molecule has 0 bridgehead atoms. The van der Waals surface area contributed by atoms with Crippen molar-refractivity contribution in [2.45, 2.75) is 0 Å². The van der Waals surface area contributed by atoms with Crippen LogP contribution in [0.25, 0.3) is 5.69 Å².